The highest BCUT2D eigenvalue weighted by Crippen LogP contribution is 2.24. The molecule has 7 atom stereocenters. The number of amides is 1. The summed E-state index contributed by atoms with van der Waals surface area (Å²) in [7, 11) is 0. The lowest BCUT2D eigenvalue weighted by molar-refractivity contribution is -0.274. The van der Waals surface area contributed by atoms with E-state index in [0.717, 1.165) is 25.7 Å². The average molecular weight is 692 g/mol. The van der Waals surface area contributed by atoms with Crippen LogP contribution in [0.1, 0.15) is 102 Å². The van der Waals surface area contributed by atoms with Crippen molar-refractivity contribution in [2.75, 3.05) is 13.2 Å². The minimum absolute atomic E-state index is 0.0335. The third-order valence-corrected chi connectivity index (χ3v) is 8.99. The van der Waals surface area contributed by atoms with Gasteiger partial charge in [-0.05, 0) is 48.4 Å². The maximum Gasteiger partial charge on any atom is 0.224 e. The van der Waals surface area contributed by atoms with Gasteiger partial charge in [0.25, 0.3) is 0 Å². The SMILES string of the molecule is CCCCCCCCCCCCCC[C@@H](O)[C@@H](O)[C@H](CO[C@H]1OC(CO)CC(O)[C@@H]1O)NC(=O)Cc1ccc(Oc2ccc(F)cc2)cc1. The molecular formula is C38H58FNO9. The second-order valence-electron chi connectivity index (χ2n) is 13.2. The minimum Gasteiger partial charge on any atom is -0.457 e. The third kappa shape index (κ3) is 15.4. The Hall–Kier alpha value is -2.64. The van der Waals surface area contributed by atoms with Crippen molar-refractivity contribution in [1.29, 1.82) is 0 Å². The largest absolute Gasteiger partial charge is 0.457 e. The Morgan fingerprint density at radius 2 is 1.43 bits per heavy atom. The molecule has 1 fully saturated rings. The van der Waals surface area contributed by atoms with E-state index in [-0.39, 0.29) is 31.9 Å². The van der Waals surface area contributed by atoms with Crippen LogP contribution in [-0.4, -0.2) is 87.5 Å². The number of rotatable bonds is 24. The number of carbonyl (C=O) groups is 1. The summed E-state index contributed by atoms with van der Waals surface area (Å²) in [6.07, 6.45) is 7.34. The molecule has 0 bridgehead atoms. The summed E-state index contributed by atoms with van der Waals surface area (Å²) in [6.45, 7) is 1.53. The molecule has 2 aromatic carbocycles. The summed E-state index contributed by atoms with van der Waals surface area (Å²) < 4.78 is 30.2. The Bertz CT molecular complexity index is 1170. The highest BCUT2D eigenvalue weighted by molar-refractivity contribution is 5.79. The fraction of sp³-hybridized carbons (Fsp3) is 0.658. The number of benzene rings is 2. The fourth-order valence-electron chi connectivity index (χ4n) is 5.99. The molecule has 276 valence electrons. The number of aliphatic hydroxyl groups excluding tert-OH is 5. The van der Waals surface area contributed by atoms with Gasteiger partial charge < -0.3 is 45.1 Å². The highest BCUT2D eigenvalue weighted by atomic mass is 19.1. The molecule has 2 aromatic rings. The second-order valence-corrected chi connectivity index (χ2v) is 13.2. The molecule has 1 saturated heterocycles. The van der Waals surface area contributed by atoms with Crippen molar-refractivity contribution in [3.05, 3.63) is 59.9 Å². The first-order valence-corrected chi connectivity index (χ1v) is 18.1. The van der Waals surface area contributed by atoms with Crippen LogP contribution in [0.2, 0.25) is 0 Å². The molecule has 6 N–H and O–H groups in total. The standard InChI is InChI=1S/C38H58FNO9/c1-2-3-4-5-6-7-8-9-10-11-12-13-14-33(42)36(45)32(26-47-38-37(46)34(43)24-31(25-41)49-38)40-35(44)23-27-15-19-29(20-16-27)48-30-21-17-28(39)18-22-30/h15-22,31-34,36-38,41-43,45-46H,2-14,23-26H2,1H3,(H,40,44)/t31?,32-,33+,34?,36-,37-,38-/m0/s1. The molecule has 0 aromatic heterocycles. The van der Waals surface area contributed by atoms with Crippen LogP contribution in [0.25, 0.3) is 0 Å². The van der Waals surface area contributed by atoms with Crippen LogP contribution in [0.15, 0.2) is 48.5 Å². The summed E-state index contributed by atoms with van der Waals surface area (Å²) in [6, 6.07) is 11.4. The molecule has 0 radical (unpaired) electrons. The van der Waals surface area contributed by atoms with Crippen molar-refractivity contribution >= 4 is 5.91 Å². The lowest BCUT2D eigenvalue weighted by Crippen LogP contribution is -2.55. The predicted molar refractivity (Wildman–Crippen MR) is 185 cm³/mol. The quantitative estimate of drug-likeness (QED) is 0.0804. The number of hydrogen-bond acceptors (Lipinski definition) is 9. The second kappa shape index (κ2) is 23.0. The average Bonchev–Trinajstić information content (AvgIpc) is 3.10. The first-order valence-electron chi connectivity index (χ1n) is 18.1. The van der Waals surface area contributed by atoms with E-state index >= 15 is 0 Å². The van der Waals surface area contributed by atoms with Crippen molar-refractivity contribution in [3.63, 3.8) is 0 Å². The van der Waals surface area contributed by atoms with Gasteiger partial charge in [0.15, 0.2) is 6.29 Å². The number of halogens is 1. The zero-order chi connectivity index (χ0) is 35.4. The number of aliphatic hydroxyl groups is 5. The summed E-state index contributed by atoms with van der Waals surface area (Å²) >= 11 is 0. The molecular weight excluding hydrogens is 633 g/mol. The van der Waals surface area contributed by atoms with Crippen molar-refractivity contribution in [3.8, 4) is 11.5 Å². The van der Waals surface area contributed by atoms with E-state index in [4.69, 9.17) is 14.2 Å². The van der Waals surface area contributed by atoms with Gasteiger partial charge in [0, 0.05) is 6.42 Å². The van der Waals surface area contributed by atoms with Gasteiger partial charge in [-0.3, -0.25) is 4.79 Å². The lowest BCUT2D eigenvalue weighted by Gasteiger charge is -2.37. The molecule has 0 spiro atoms. The number of hydrogen-bond donors (Lipinski definition) is 6. The Labute approximate surface area is 290 Å². The monoisotopic (exact) mass is 691 g/mol. The van der Waals surface area contributed by atoms with E-state index in [1.807, 2.05) is 0 Å². The zero-order valence-corrected chi connectivity index (χ0v) is 28.9. The predicted octanol–water partition coefficient (Wildman–Crippen LogP) is 5.30. The molecule has 1 amide bonds. The maximum atomic E-state index is 13.2. The number of carbonyl (C=O) groups excluding carboxylic acids is 1. The van der Waals surface area contributed by atoms with Gasteiger partial charge in [0.1, 0.15) is 29.5 Å². The summed E-state index contributed by atoms with van der Waals surface area (Å²) in [5, 5.41) is 54.8. The molecule has 0 saturated carbocycles. The van der Waals surface area contributed by atoms with Gasteiger partial charge in [-0.25, -0.2) is 4.39 Å². The van der Waals surface area contributed by atoms with E-state index in [2.05, 4.69) is 12.2 Å². The normalized spacial score (nSPS) is 21.2. The van der Waals surface area contributed by atoms with Gasteiger partial charge in [0.2, 0.25) is 5.91 Å². The Kier molecular flexibility index (Phi) is 19.1. The highest BCUT2D eigenvalue weighted by Gasteiger charge is 2.38. The zero-order valence-electron chi connectivity index (χ0n) is 28.9. The van der Waals surface area contributed by atoms with E-state index in [1.54, 1.807) is 24.3 Å². The number of ether oxygens (including phenoxy) is 3. The van der Waals surface area contributed by atoms with E-state index < -0.39 is 48.8 Å². The topological polar surface area (TPSA) is 158 Å². The molecule has 49 heavy (non-hydrogen) atoms. The van der Waals surface area contributed by atoms with Crippen LogP contribution < -0.4 is 10.1 Å². The lowest BCUT2D eigenvalue weighted by atomic mass is 9.99. The summed E-state index contributed by atoms with van der Waals surface area (Å²) in [4.78, 5) is 13.1. The molecule has 3 rings (SSSR count). The van der Waals surface area contributed by atoms with Gasteiger partial charge in [-0.1, -0.05) is 96.1 Å². The summed E-state index contributed by atoms with van der Waals surface area (Å²) in [5.41, 5.74) is 0.662. The molecule has 1 aliphatic rings. The van der Waals surface area contributed by atoms with Crippen molar-refractivity contribution in [2.45, 2.75) is 146 Å². The van der Waals surface area contributed by atoms with Crippen LogP contribution in [0.5, 0.6) is 11.5 Å². The molecule has 10 nitrogen and oxygen atoms in total. The molecule has 0 aliphatic carbocycles. The first-order chi connectivity index (χ1) is 23.7. The van der Waals surface area contributed by atoms with Crippen LogP contribution in [0, 0.1) is 5.82 Å². The molecule has 2 unspecified atom stereocenters. The van der Waals surface area contributed by atoms with Crippen molar-refractivity contribution in [1.82, 2.24) is 5.32 Å². The minimum atomic E-state index is -1.39. The third-order valence-electron chi connectivity index (χ3n) is 8.99. The van der Waals surface area contributed by atoms with Gasteiger partial charge in [-0.2, -0.15) is 0 Å². The van der Waals surface area contributed by atoms with E-state index in [0.29, 0.717) is 23.5 Å². The fourth-order valence-corrected chi connectivity index (χ4v) is 5.99. The Balaban J connectivity index is 1.50. The van der Waals surface area contributed by atoms with Crippen molar-refractivity contribution in [2.24, 2.45) is 0 Å². The Morgan fingerprint density at radius 3 is 2.00 bits per heavy atom. The van der Waals surface area contributed by atoms with Crippen LogP contribution >= 0.6 is 0 Å². The number of unbranched alkanes of at least 4 members (excludes halogenated alkanes) is 11. The maximum absolute atomic E-state index is 13.2. The van der Waals surface area contributed by atoms with Crippen LogP contribution in [0.4, 0.5) is 4.39 Å². The van der Waals surface area contributed by atoms with Gasteiger partial charge in [-0.15, -0.1) is 0 Å². The van der Waals surface area contributed by atoms with Crippen LogP contribution in [-0.2, 0) is 20.7 Å². The first kappa shape index (κ1) is 40.8. The van der Waals surface area contributed by atoms with Gasteiger partial charge >= 0.3 is 0 Å². The molecule has 11 heteroatoms. The van der Waals surface area contributed by atoms with Crippen LogP contribution in [0.3, 0.4) is 0 Å². The van der Waals surface area contributed by atoms with Gasteiger partial charge in [0.05, 0.1) is 44.0 Å². The van der Waals surface area contributed by atoms with E-state index in [1.165, 1.54) is 75.6 Å². The smallest absolute Gasteiger partial charge is 0.224 e. The van der Waals surface area contributed by atoms with E-state index in [9.17, 15) is 34.7 Å². The van der Waals surface area contributed by atoms with Crippen molar-refractivity contribution < 1.29 is 48.9 Å². The molecule has 1 heterocycles. The number of nitrogens with one attached hydrogen (secondary N) is 1. The summed E-state index contributed by atoms with van der Waals surface area (Å²) in [5.74, 6) is 0.174. The molecule has 1 aliphatic heterocycles. The Morgan fingerprint density at radius 1 is 0.878 bits per heavy atom.